The van der Waals surface area contributed by atoms with Crippen molar-refractivity contribution in [3.8, 4) is 0 Å². The summed E-state index contributed by atoms with van der Waals surface area (Å²) in [5.74, 6) is 1.30. The summed E-state index contributed by atoms with van der Waals surface area (Å²) in [5.41, 5.74) is 5.48. The summed E-state index contributed by atoms with van der Waals surface area (Å²) in [7, 11) is 0.921. The number of rotatable bonds is 6. The Morgan fingerprint density at radius 3 is 2.62 bits per heavy atom. The molecule has 1 fully saturated rings. The van der Waals surface area contributed by atoms with Gasteiger partial charge in [0.05, 0.1) is 23.8 Å². The Balaban J connectivity index is 1.59. The van der Waals surface area contributed by atoms with E-state index in [0.717, 1.165) is 29.0 Å². The monoisotopic (exact) mass is 413 g/mol. The Bertz CT molecular complexity index is 1150. The number of pyridine rings is 1. The average molecular weight is 414 g/mol. The number of aromatic nitrogens is 3. The van der Waals surface area contributed by atoms with E-state index in [1.54, 1.807) is 23.8 Å². The first kappa shape index (κ1) is 19.8. The van der Waals surface area contributed by atoms with Crippen LogP contribution in [0.3, 0.4) is 0 Å². The fourth-order valence-corrected chi connectivity index (χ4v) is 5.03. The maximum absolute atomic E-state index is 12.0. The summed E-state index contributed by atoms with van der Waals surface area (Å²) < 4.78 is 27.5. The Morgan fingerprint density at radius 2 is 1.93 bits per heavy atom. The fraction of sp³-hybridized carbons (Fsp3) is 0.429. The van der Waals surface area contributed by atoms with E-state index < -0.39 is 10.0 Å². The predicted molar refractivity (Wildman–Crippen MR) is 116 cm³/mol. The molecule has 3 heterocycles. The number of imidazole rings is 1. The van der Waals surface area contributed by atoms with Crippen molar-refractivity contribution in [2.24, 2.45) is 7.05 Å². The van der Waals surface area contributed by atoms with Gasteiger partial charge in [0, 0.05) is 44.9 Å². The number of aryl methyl sites for hydroxylation is 2. The topological polar surface area (TPSA) is 71.3 Å². The highest BCUT2D eigenvalue weighted by Crippen LogP contribution is 2.34. The molecule has 0 bridgehead atoms. The minimum Gasteiger partial charge on any atom is -0.334 e. The van der Waals surface area contributed by atoms with Crippen molar-refractivity contribution in [2.45, 2.75) is 26.2 Å². The Hall–Kier alpha value is -2.45. The lowest BCUT2D eigenvalue weighted by Crippen LogP contribution is -2.48. The summed E-state index contributed by atoms with van der Waals surface area (Å²) in [6.07, 6.45) is 4.49. The van der Waals surface area contributed by atoms with Crippen LogP contribution < -0.4 is 4.90 Å². The highest BCUT2D eigenvalue weighted by Gasteiger charge is 2.35. The van der Waals surface area contributed by atoms with Crippen molar-refractivity contribution in [3.63, 3.8) is 0 Å². The molecule has 0 amide bonds. The van der Waals surface area contributed by atoms with Crippen molar-refractivity contribution in [1.29, 1.82) is 0 Å². The summed E-state index contributed by atoms with van der Waals surface area (Å²) >= 11 is 0. The minimum atomic E-state index is -3.08. The van der Waals surface area contributed by atoms with Crippen LogP contribution in [-0.2, 0) is 23.5 Å². The second-order valence-corrected chi connectivity index (χ2v) is 9.86. The first-order chi connectivity index (χ1) is 13.8. The average Bonchev–Trinajstić information content (AvgIpc) is 3.06. The standard InChI is InChI=1S/C21H27N5O2S/c1-5-15-9-16(17-12-26(13-17)29(27,28)6-2)7-8-19(15)25(4)21-10-20-18(11-22-21)23-14-24(20)3/h7-11,14,17H,5-6,12-13H2,1-4H3. The van der Waals surface area contributed by atoms with Gasteiger partial charge in [-0.1, -0.05) is 19.1 Å². The van der Waals surface area contributed by atoms with E-state index in [-0.39, 0.29) is 11.7 Å². The molecule has 0 spiro atoms. The molecule has 2 aromatic heterocycles. The lowest BCUT2D eigenvalue weighted by Gasteiger charge is -2.38. The molecule has 154 valence electrons. The van der Waals surface area contributed by atoms with Crippen LogP contribution in [0.25, 0.3) is 11.0 Å². The van der Waals surface area contributed by atoms with Crippen molar-refractivity contribution >= 4 is 32.6 Å². The van der Waals surface area contributed by atoms with Crippen LogP contribution in [-0.4, -0.2) is 53.1 Å². The van der Waals surface area contributed by atoms with E-state index in [0.29, 0.717) is 13.1 Å². The molecule has 0 N–H and O–H groups in total. The highest BCUT2D eigenvalue weighted by atomic mass is 32.2. The van der Waals surface area contributed by atoms with E-state index in [1.807, 2.05) is 18.7 Å². The van der Waals surface area contributed by atoms with Crippen molar-refractivity contribution in [3.05, 3.63) is 47.9 Å². The Labute approximate surface area is 172 Å². The third kappa shape index (κ3) is 3.51. The van der Waals surface area contributed by atoms with Gasteiger partial charge in [-0.15, -0.1) is 0 Å². The van der Waals surface area contributed by atoms with Gasteiger partial charge in [-0.3, -0.25) is 0 Å². The van der Waals surface area contributed by atoms with Gasteiger partial charge >= 0.3 is 0 Å². The van der Waals surface area contributed by atoms with E-state index >= 15 is 0 Å². The minimum absolute atomic E-state index is 0.164. The number of hydrogen-bond acceptors (Lipinski definition) is 5. The highest BCUT2D eigenvalue weighted by molar-refractivity contribution is 7.89. The molecule has 7 nitrogen and oxygen atoms in total. The summed E-state index contributed by atoms with van der Waals surface area (Å²) in [6, 6.07) is 8.51. The molecule has 0 atom stereocenters. The van der Waals surface area contributed by atoms with Crippen LogP contribution in [0.1, 0.15) is 30.9 Å². The number of benzene rings is 1. The maximum atomic E-state index is 12.0. The van der Waals surface area contributed by atoms with E-state index in [2.05, 4.69) is 46.1 Å². The third-order valence-corrected chi connectivity index (χ3v) is 7.68. The normalized spacial score (nSPS) is 15.6. The lowest BCUT2D eigenvalue weighted by atomic mass is 9.91. The predicted octanol–water partition coefficient (Wildman–Crippen LogP) is 3.05. The van der Waals surface area contributed by atoms with Gasteiger partial charge < -0.3 is 9.47 Å². The maximum Gasteiger partial charge on any atom is 0.213 e. The van der Waals surface area contributed by atoms with E-state index in [4.69, 9.17) is 0 Å². The van der Waals surface area contributed by atoms with Gasteiger partial charge in [-0.25, -0.2) is 22.7 Å². The molecule has 1 aliphatic heterocycles. The van der Waals surface area contributed by atoms with Crippen LogP contribution in [0.4, 0.5) is 11.5 Å². The molecular weight excluding hydrogens is 386 g/mol. The summed E-state index contributed by atoms with van der Waals surface area (Å²) in [5, 5.41) is 0. The van der Waals surface area contributed by atoms with Gasteiger partial charge in [-0.05, 0) is 30.5 Å². The third-order valence-electron chi connectivity index (χ3n) is 5.86. The van der Waals surface area contributed by atoms with Crippen LogP contribution in [0.2, 0.25) is 0 Å². The van der Waals surface area contributed by atoms with E-state index in [9.17, 15) is 8.42 Å². The quantitative estimate of drug-likeness (QED) is 0.621. The fourth-order valence-electron chi connectivity index (χ4n) is 3.86. The molecule has 1 saturated heterocycles. The zero-order chi connectivity index (χ0) is 20.8. The van der Waals surface area contributed by atoms with Gasteiger partial charge in [0.1, 0.15) is 11.3 Å². The zero-order valence-corrected chi connectivity index (χ0v) is 18.1. The van der Waals surface area contributed by atoms with Crippen molar-refractivity contribution < 1.29 is 8.42 Å². The second kappa shape index (κ2) is 7.42. The van der Waals surface area contributed by atoms with Gasteiger partial charge in [-0.2, -0.15) is 0 Å². The Morgan fingerprint density at radius 1 is 1.17 bits per heavy atom. The molecule has 29 heavy (non-hydrogen) atoms. The first-order valence-corrected chi connectivity index (χ1v) is 11.6. The van der Waals surface area contributed by atoms with Crippen LogP contribution in [0, 0.1) is 0 Å². The second-order valence-electron chi connectivity index (χ2n) is 7.60. The Kier molecular flexibility index (Phi) is 5.08. The number of nitrogens with zero attached hydrogens (tertiary/aromatic N) is 5. The first-order valence-electron chi connectivity index (χ1n) is 9.95. The van der Waals surface area contributed by atoms with Crippen molar-refractivity contribution in [1.82, 2.24) is 18.8 Å². The van der Waals surface area contributed by atoms with Crippen molar-refractivity contribution in [2.75, 3.05) is 30.8 Å². The number of hydrogen-bond donors (Lipinski definition) is 0. The number of anilines is 2. The van der Waals surface area contributed by atoms with Gasteiger partial charge in [0.15, 0.2) is 0 Å². The van der Waals surface area contributed by atoms with E-state index in [1.165, 1.54) is 11.1 Å². The summed E-state index contributed by atoms with van der Waals surface area (Å²) in [6.45, 7) is 4.99. The number of fused-ring (bicyclic) bond motifs is 1. The molecular formula is C21H27N5O2S. The molecule has 1 aromatic carbocycles. The molecule has 0 saturated carbocycles. The van der Waals surface area contributed by atoms with Crippen LogP contribution in [0.5, 0.6) is 0 Å². The molecule has 0 unspecified atom stereocenters. The number of sulfonamides is 1. The molecule has 8 heteroatoms. The van der Waals surface area contributed by atoms with Crippen LogP contribution >= 0.6 is 0 Å². The summed E-state index contributed by atoms with van der Waals surface area (Å²) in [4.78, 5) is 11.0. The smallest absolute Gasteiger partial charge is 0.213 e. The largest absolute Gasteiger partial charge is 0.334 e. The van der Waals surface area contributed by atoms with Crippen LogP contribution in [0.15, 0.2) is 36.8 Å². The van der Waals surface area contributed by atoms with Gasteiger partial charge in [0.25, 0.3) is 0 Å². The molecule has 0 radical (unpaired) electrons. The molecule has 0 aliphatic carbocycles. The SMILES string of the molecule is CCc1cc(C2CN(S(=O)(=O)CC)C2)ccc1N(C)c1cc2c(cn1)ncn2C. The zero-order valence-electron chi connectivity index (χ0n) is 17.3. The molecule has 4 rings (SSSR count). The lowest BCUT2D eigenvalue weighted by molar-refractivity contribution is 0.264. The van der Waals surface area contributed by atoms with Gasteiger partial charge in [0.2, 0.25) is 10.0 Å². The molecule has 1 aliphatic rings. The molecule has 3 aromatic rings.